The van der Waals surface area contributed by atoms with Gasteiger partial charge in [0.05, 0.1) is 17.7 Å². The normalized spacial score (nSPS) is 11.0. The van der Waals surface area contributed by atoms with Crippen LogP contribution in [0.1, 0.15) is 16.8 Å². The minimum absolute atomic E-state index is 0.0124. The molecule has 7 N–H and O–H groups in total. The van der Waals surface area contributed by atoms with Crippen molar-refractivity contribution in [2.24, 2.45) is 16.5 Å². The third-order valence-corrected chi connectivity index (χ3v) is 3.57. The maximum absolute atomic E-state index is 12.2. The van der Waals surface area contributed by atoms with Gasteiger partial charge in [-0.3, -0.25) is 4.79 Å². The number of carboxylic acids is 2. The highest BCUT2D eigenvalue weighted by molar-refractivity contribution is 5.91. The Morgan fingerprint density at radius 3 is 1.94 bits per heavy atom. The van der Waals surface area contributed by atoms with Gasteiger partial charge in [0, 0.05) is 0 Å². The summed E-state index contributed by atoms with van der Waals surface area (Å²) in [6, 6.07) is 9.66. The molecular weight excluding hydrogens is 412 g/mol. The quantitative estimate of drug-likeness (QED) is 0.173. The van der Waals surface area contributed by atoms with Crippen LogP contribution in [0, 0.1) is 0 Å². The van der Waals surface area contributed by atoms with Crippen LogP contribution in [-0.4, -0.2) is 46.2 Å². The van der Waals surface area contributed by atoms with Crippen molar-refractivity contribution in [1.29, 1.82) is 0 Å². The van der Waals surface area contributed by atoms with Crippen molar-refractivity contribution in [2.75, 3.05) is 0 Å². The SMILES string of the molecule is NC(N)=Nc1ccc(C(=O)Oc2ccc(OC(=O)N[C@@H](CC(=O)O)C(=O)O)cc2)cc1. The lowest BCUT2D eigenvalue weighted by Gasteiger charge is -2.12. The summed E-state index contributed by atoms with van der Waals surface area (Å²) in [4.78, 5) is 49.3. The van der Waals surface area contributed by atoms with E-state index in [4.69, 9.17) is 31.2 Å². The fourth-order valence-corrected chi connectivity index (χ4v) is 2.22. The van der Waals surface area contributed by atoms with E-state index >= 15 is 0 Å². The molecule has 2 aromatic rings. The van der Waals surface area contributed by atoms with Gasteiger partial charge >= 0.3 is 24.0 Å². The summed E-state index contributed by atoms with van der Waals surface area (Å²) < 4.78 is 10.1. The Labute approximate surface area is 175 Å². The molecule has 0 aliphatic carbocycles. The number of rotatable bonds is 8. The molecule has 2 rings (SSSR count). The molecule has 12 nitrogen and oxygen atoms in total. The van der Waals surface area contributed by atoms with E-state index in [1.54, 1.807) is 0 Å². The molecule has 0 saturated carbocycles. The van der Waals surface area contributed by atoms with Crippen molar-refractivity contribution >= 4 is 35.6 Å². The zero-order chi connectivity index (χ0) is 23.0. The first-order valence-electron chi connectivity index (χ1n) is 8.59. The fraction of sp³-hybridized carbons (Fsp3) is 0.105. The van der Waals surface area contributed by atoms with Gasteiger partial charge in [-0.25, -0.2) is 19.4 Å². The molecule has 0 fully saturated rings. The van der Waals surface area contributed by atoms with Crippen LogP contribution in [-0.2, 0) is 9.59 Å². The molecule has 0 bridgehead atoms. The second-order valence-electron chi connectivity index (χ2n) is 5.97. The van der Waals surface area contributed by atoms with Crippen molar-refractivity contribution in [3.8, 4) is 11.5 Å². The van der Waals surface area contributed by atoms with Crippen LogP contribution < -0.4 is 26.3 Å². The summed E-state index contributed by atoms with van der Waals surface area (Å²) in [5.41, 5.74) is 11.3. The van der Waals surface area contributed by atoms with Crippen molar-refractivity contribution in [2.45, 2.75) is 12.5 Å². The number of carbonyl (C=O) groups is 4. The number of nitrogens with one attached hydrogen (secondary N) is 1. The summed E-state index contributed by atoms with van der Waals surface area (Å²) in [5, 5.41) is 19.5. The number of nitrogens with two attached hydrogens (primary N) is 2. The summed E-state index contributed by atoms with van der Waals surface area (Å²) in [5.74, 6) is -3.52. The van der Waals surface area contributed by atoms with E-state index in [1.807, 2.05) is 5.32 Å². The van der Waals surface area contributed by atoms with Gasteiger partial charge in [0.1, 0.15) is 17.5 Å². The van der Waals surface area contributed by atoms with Crippen LogP contribution in [0.3, 0.4) is 0 Å². The molecule has 0 aliphatic rings. The first-order valence-corrected chi connectivity index (χ1v) is 8.59. The maximum Gasteiger partial charge on any atom is 0.413 e. The monoisotopic (exact) mass is 430 g/mol. The molecule has 162 valence electrons. The number of carbonyl (C=O) groups excluding carboxylic acids is 2. The molecule has 0 aliphatic heterocycles. The number of benzene rings is 2. The molecule has 2 aromatic carbocycles. The van der Waals surface area contributed by atoms with Crippen molar-refractivity contribution in [3.63, 3.8) is 0 Å². The largest absolute Gasteiger partial charge is 0.481 e. The van der Waals surface area contributed by atoms with Gasteiger partial charge in [0.25, 0.3) is 0 Å². The van der Waals surface area contributed by atoms with Gasteiger partial charge in [-0.2, -0.15) is 0 Å². The van der Waals surface area contributed by atoms with Gasteiger partial charge < -0.3 is 36.5 Å². The predicted molar refractivity (Wildman–Crippen MR) is 106 cm³/mol. The standard InChI is InChI=1S/C19H18N4O8/c20-18(21)22-11-3-1-10(2-4-11)17(28)30-12-5-7-13(8-6-12)31-19(29)23-14(16(26)27)9-15(24)25/h1-8,14H,9H2,(H,23,29)(H,24,25)(H,26,27)(H4,20,21,22)/t14-/m0/s1. The molecular formula is C19H18N4O8. The highest BCUT2D eigenvalue weighted by Gasteiger charge is 2.24. The Kier molecular flexibility index (Phi) is 7.50. The average Bonchev–Trinajstić information content (AvgIpc) is 2.68. The van der Waals surface area contributed by atoms with Gasteiger partial charge in [0.2, 0.25) is 0 Å². The fourth-order valence-electron chi connectivity index (χ4n) is 2.22. The third kappa shape index (κ3) is 7.38. The minimum atomic E-state index is -1.65. The third-order valence-electron chi connectivity index (χ3n) is 3.57. The molecule has 0 unspecified atom stereocenters. The van der Waals surface area contributed by atoms with Crippen LogP contribution in [0.15, 0.2) is 53.5 Å². The zero-order valence-electron chi connectivity index (χ0n) is 15.8. The molecule has 0 heterocycles. The molecule has 0 aromatic heterocycles. The average molecular weight is 430 g/mol. The predicted octanol–water partition coefficient (Wildman–Crippen LogP) is 0.827. The van der Waals surface area contributed by atoms with Crippen LogP contribution in [0.2, 0.25) is 0 Å². The second kappa shape index (κ2) is 10.2. The molecule has 0 radical (unpaired) electrons. The van der Waals surface area contributed by atoms with E-state index in [1.165, 1.54) is 48.5 Å². The Hall–Kier alpha value is -4.61. The van der Waals surface area contributed by atoms with E-state index in [0.717, 1.165) is 0 Å². The zero-order valence-corrected chi connectivity index (χ0v) is 15.8. The van der Waals surface area contributed by atoms with Crippen LogP contribution in [0.5, 0.6) is 11.5 Å². The van der Waals surface area contributed by atoms with E-state index in [9.17, 15) is 19.2 Å². The number of esters is 1. The smallest absolute Gasteiger partial charge is 0.413 e. The maximum atomic E-state index is 12.2. The lowest BCUT2D eigenvalue weighted by molar-refractivity contribution is -0.145. The van der Waals surface area contributed by atoms with E-state index in [-0.39, 0.29) is 23.0 Å². The summed E-state index contributed by atoms with van der Waals surface area (Å²) in [7, 11) is 0. The van der Waals surface area contributed by atoms with Crippen molar-refractivity contribution in [3.05, 3.63) is 54.1 Å². The van der Waals surface area contributed by atoms with Gasteiger partial charge in [0.15, 0.2) is 5.96 Å². The Morgan fingerprint density at radius 2 is 1.45 bits per heavy atom. The summed E-state index contributed by atoms with van der Waals surface area (Å²) >= 11 is 0. The lowest BCUT2D eigenvalue weighted by Crippen LogP contribution is -2.43. The highest BCUT2D eigenvalue weighted by atomic mass is 16.6. The van der Waals surface area contributed by atoms with E-state index in [0.29, 0.717) is 5.69 Å². The number of ether oxygens (including phenoxy) is 2. The number of hydrogen-bond donors (Lipinski definition) is 5. The number of aliphatic imine (C=N–C) groups is 1. The summed E-state index contributed by atoms with van der Waals surface area (Å²) in [6.45, 7) is 0. The van der Waals surface area contributed by atoms with E-state index in [2.05, 4.69) is 4.99 Å². The van der Waals surface area contributed by atoms with E-state index < -0.39 is 36.5 Å². The Balaban J connectivity index is 1.94. The minimum Gasteiger partial charge on any atom is -0.481 e. The van der Waals surface area contributed by atoms with Crippen LogP contribution in [0.4, 0.5) is 10.5 Å². The topological polar surface area (TPSA) is 204 Å². The first kappa shape index (κ1) is 22.7. The molecule has 0 spiro atoms. The molecule has 1 atom stereocenters. The van der Waals surface area contributed by atoms with Gasteiger partial charge in [-0.1, -0.05) is 0 Å². The van der Waals surface area contributed by atoms with Gasteiger partial charge in [-0.05, 0) is 48.5 Å². The Morgan fingerprint density at radius 1 is 0.903 bits per heavy atom. The Bertz CT molecular complexity index is 999. The number of carboxylic acid groups (broad SMARTS) is 2. The van der Waals surface area contributed by atoms with Crippen molar-refractivity contribution in [1.82, 2.24) is 5.32 Å². The van der Waals surface area contributed by atoms with Crippen molar-refractivity contribution < 1.29 is 38.9 Å². The lowest BCUT2D eigenvalue weighted by atomic mass is 10.2. The van der Waals surface area contributed by atoms with Crippen LogP contribution in [0.25, 0.3) is 0 Å². The highest BCUT2D eigenvalue weighted by Crippen LogP contribution is 2.20. The molecule has 12 heteroatoms. The summed E-state index contributed by atoms with van der Waals surface area (Å²) in [6.07, 6.45) is -1.97. The number of aliphatic carboxylic acids is 2. The number of nitrogens with zero attached hydrogens (tertiary/aromatic N) is 1. The first-order chi connectivity index (χ1) is 14.6. The molecule has 0 saturated heterocycles. The number of guanidine groups is 1. The molecule has 1 amide bonds. The number of hydrogen-bond acceptors (Lipinski definition) is 7. The number of amides is 1. The second-order valence-corrected chi connectivity index (χ2v) is 5.97. The van der Waals surface area contributed by atoms with Crippen LogP contribution >= 0.6 is 0 Å². The van der Waals surface area contributed by atoms with Gasteiger partial charge in [-0.15, -0.1) is 0 Å². The molecule has 31 heavy (non-hydrogen) atoms.